The number of carbonyl (C=O) groups excluding carboxylic acids is 3. The molecule has 2 aliphatic carbocycles. The van der Waals surface area contributed by atoms with Crippen LogP contribution in [0.5, 0.6) is 0 Å². The molecular weight excluding hydrogens is 382 g/mol. The van der Waals surface area contributed by atoms with Crippen LogP contribution in [0.3, 0.4) is 0 Å². The molecule has 2 aromatic rings. The highest BCUT2D eigenvalue weighted by atomic mass is 16.5. The maximum atomic E-state index is 13.3. The highest BCUT2D eigenvalue weighted by molar-refractivity contribution is 6.27. The first-order valence-corrected chi connectivity index (χ1v) is 9.62. The molecule has 7 nitrogen and oxygen atoms in total. The SMILES string of the molecule is CC1(C)CC(=O)C2=C(C1)OC1=C(C(=O)c3[nH]ncc3C1=O)C2c1ccc(C#N)cc1. The summed E-state index contributed by atoms with van der Waals surface area (Å²) < 4.78 is 5.98. The number of ether oxygens (including phenoxy) is 1. The topological polar surface area (TPSA) is 113 Å². The third kappa shape index (κ3) is 2.50. The standard InChI is InChI=1S/C23H17N3O4/c1-23(2)7-14(27)17-15(8-23)30-22-18(16(17)12-5-3-11(9-24)4-6-12)21(29)19-13(20(22)28)10-25-26-19/h3-6,10,16H,7-8H2,1-2H3,(H,25,26). The number of hydrogen-bond acceptors (Lipinski definition) is 6. The van der Waals surface area contributed by atoms with Gasteiger partial charge in [-0.3, -0.25) is 19.5 Å². The lowest BCUT2D eigenvalue weighted by molar-refractivity contribution is -0.119. The maximum Gasteiger partial charge on any atom is 0.232 e. The molecule has 0 bridgehead atoms. The number of fused-ring (bicyclic) bond motifs is 1. The molecule has 0 fully saturated rings. The van der Waals surface area contributed by atoms with Gasteiger partial charge in [-0.25, -0.2) is 0 Å². The van der Waals surface area contributed by atoms with Crippen molar-refractivity contribution in [1.29, 1.82) is 5.26 Å². The zero-order valence-electron chi connectivity index (χ0n) is 16.4. The normalized spacial score (nSPS) is 22.2. The molecule has 5 rings (SSSR count). The van der Waals surface area contributed by atoms with Crippen LogP contribution < -0.4 is 0 Å². The molecule has 0 spiro atoms. The molecule has 1 atom stereocenters. The zero-order chi connectivity index (χ0) is 21.2. The number of allylic oxidation sites excluding steroid dienone is 4. The number of aromatic nitrogens is 2. The van der Waals surface area contributed by atoms with Crippen LogP contribution in [-0.2, 0) is 9.53 Å². The number of aromatic amines is 1. The number of rotatable bonds is 1. The summed E-state index contributed by atoms with van der Waals surface area (Å²) in [6.07, 6.45) is 2.12. The molecule has 1 aromatic carbocycles. The average Bonchev–Trinajstić information content (AvgIpc) is 3.20. The van der Waals surface area contributed by atoms with Gasteiger partial charge >= 0.3 is 0 Å². The van der Waals surface area contributed by atoms with E-state index in [1.807, 2.05) is 13.8 Å². The van der Waals surface area contributed by atoms with Crippen LogP contribution >= 0.6 is 0 Å². The second-order valence-corrected chi connectivity index (χ2v) is 8.61. The van der Waals surface area contributed by atoms with E-state index in [0.29, 0.717) is 35.3 Å². The number of nitrogens with zero attached hydrogens (tertiary/aromatic N) is 2. The van der Waals surface area contributed by atoms with Crippen LogP contribution in [0.2, 0.25) is 0 Å². The summed E-state index contributed by atoms with van der Waals surface area (Å²) in [5, 5.41) is 15.6. The summed E-state index contributed by atoms with van der Waals surface area (Å²) in [6, 6.07) is 8.78. The quantitative estimate of drug-likeness (QED) is 0.787. The van der Waals surface area contributed by atoms with Crippen molar-refractivity contribution in [3.63, 3.8) is 0 Å². The van der Waals surface area contributed by atoms with E-state index in [-0.39, 0.29) is 33.8 Å². The van der Waals surface area contributed by atoms with Gasteiger partial charge in [-0.05, 0) is 23.1 Å². The number of nitrogens with one attached hydrogen (secondary N) is 1. The number of H-pyrrole nitrogens is 1. The van der Waals surface area contributed by atoms with Gasteiger partial charge in [0.05, 0.1) is 29.0 Å². The van der Waals surface area contributed by atoms with Gasteiger partial charge in [-0.1, -0.05) is 26.0 Å². The van der Waals surface area contributed by atoms with E-state index >= 15 is 0 Å². The number of benzene rings is 1. The predicted octanol–water partition coefficient (Wildman–Crippen LogP) is 3.37. The summed E-state index contributed by atoms with van der Waals surface area (Å²) in [6.45, 7) is 3.95. The molecule has 0 saturated heterocycles. The number of hydrogen-bond donors (Lipinski definition) is 1. The third-order valence-electron chi connectivity index (χ3n) is 5.86. The molecule has 0 amide bonds. The van der Waals surface area contributed by atoms with E-state index < -0.39 is 17.5 Å². The smallest absolute Gasteiger partial charge is 0.232 e. The summed E-state index contributed by atoms with van der Waals surface area (Å²) in [5.41, 5.74) is 1.65. The molecular formula is C23H17N3O4. The monoisotopic (exact) mass is 399 g/mol. The lowest BCUT2D eigenvalue weighted by atomic mass is 9.68. The third-order valence-corrected chi connectivity index (χ3v) is 5.86. The summed E-state index contributed by atoms with van der Waals surface area (Å²) in [5.74, 6) is -1.25. The second-order valence-electron chi connectivity index (χ2n) is 8.61. The minimum Gasteiger partial charge on any atom is -0.457 e. The van der Waals surface area contributed by atoms with Gasteiger partial charge in [0.25, 0.3) is 0 Å². The van der Waals surface area contributed by atoms with Crippen molar-refractivity contribution in [3.05, 3.63) is 75.5 Å². The zero-order valence-corrected chi connectivity index (χ0v) is 16.4. The van der Waals surface area contributed by atoms with Crippen LogP contribution in [0.1, 0.15) is 64.6 Å². The van der Waals surface area contributed by atoms with Gasteiger partial charge in [0.15, 0.2) is 11.5 Å². The lowest BCUT2D eigenvalue weighted by Crippen LogP contribution is -2.37. The Labute approximate surface area is 172 Å². The molecule has 0 radical (unpaired) electrons. The summed E-state index contributed by atoms with van der Waals surface area (Å²) >= 11 is 0. The van der Waals surface area contributed by atoms with Crippen molar-refractivity contribution in [2.75, 3.05) is 0 Å². The Balaban J connectivity index is 1.75. The highest BCUT2D eigenvalue weighted by Crippen LogP contribution is 2.50. The maximum absolute atomic E-state index is 13.3. The van der Waals surface area contributed by atoms with Crippen molar-refractivity contribution in [3.8, 4) is 6.07 Å². The molecule has 1 unspecified atom stereocenters. The Morgan fingerprint density at radius 3 is 2.53 bits per heavy atom. The highest BCUT2D eigenvalue weighted by Gasteiger charge is 2.49. The molecule has 1 N–H and O–H groups in total. The van der Waals surface area contributed by atoms with Crippen molar-refractivity contribution >= 4 is 17.3 Å². The molecule has 7 heteroatoms. The van der Waals surface area contributed by atoms with E-state index in [2.05, 4.69) is 16.3 Å². The van der Waals surface area contributed by atoms with Crippen molar-refractivity contribution in [1.82, 2.24) is 10.2 Å². The van der Waals surface area contributed by atoms with E-state index in [4.69, 9.17) is 10.00 Å². The second kappa shape index (κ2) is 6.10. The Morgan fingerprint density at radius 1 is 1.10 bits per heavy atom. The van der Waals surface area contributed by atoms with Gasteiger partial charge in [0, 0.05) is 24.3 Å². The van der Waals surface area contributed by atoms with Crippen molar-refractivity contribution < 1.29 is 19.1 Å². The molecule has 1 aliphatic heterocycles. The van der Waals surface area contributed by atoms with Crippen LogP contribution in [0, 0.1) is 16.7 Å². The van der Waals surface area contributed by atoms with Crippen LogP contribution in [0.4, 0.5) is 0 Å². The van der Waals surface area contributed by atoms with Gasteiger partial charge < -0.3 is 4.74 Å². The van der Waals surface area contributed by atoms with Gasteiger partial charge in [0.2, 0.25) is 11.6 Å². The molecule has 1 aromatic heterocycles. The van der Waals surface area contributed by atoms with Crippen LogP contribution in [0.15, 0.2) is 53.1 Å². The lowest BCUT2D eigenvalue weighted by Gasteiger charge is -2.39. The van der Waals surface area contributed by atoms with E-state index in [0.717, 1.165) is 0 Å². The fraction of sp³-hybridized carbons (Fsp3) is 0.261. The van der Waals surface area contributed by atoms with E-state index in [1.54, 1.807) is 24.3 Å². The van der Waals surface area contributed by atoms with E-state index in [1.165, 1.54) is 6.20 Å². The Kier molecular flexibility index (Phi) is 3.71. The molecule has 30 heavy (non-hydrogen) atoms. The molecule has 2 heterocycles. The Hall–Kier alpha value is -3.79. The first kappa shape index (κ1) is 18.3. The molecule has 148 valence electrons. The summed E-state index contributed by atoms with van der Waals surface area (Å²) in [7, 11) is 0. The molecule has 3 aliphatic rings. The first-order valence-electron chi connectivity index (χ1n) is 9.62. The fourth-order valence-corrected chi connectivity index (χ4v) is 4.52. The number of nitriles is 1. The van der Waals surface area contributed by atoms with Crippen LogP contribution in [-0.4, -0.2) is 27.5 Å². The van der Waals surface area contributed by atoms with Gasteiger partial charge in [-0.2, -0.15) is 10.4 Å². The number of carbonyl (C=O) groups is 3. The minimum absolute atomic E-state index is 0.0347. The number of Topliss-reactive ketones (excluding diaryl/α,β-unsaturated/α-hetero) is 3. The predicted molar refractivity (Wildman–Crippen MR) is 104 cm³/mol. The Morgan fingerprint density at radius 2 is 1.83 bits per heavy atom. The fourth-order valence-electron chi connectivity index (χ4n) is 4.52. The minimum atomic E-state index is -0.729. The summed E-state index contributed by atoms with van der Waals surface area (Å²) in [4.78, 5) is 39.6. The largest absolute Gasteiger partial charge is 0.457 e. The average molecular weight is 399 g/mol. The molecule has 0 saturated carbocycles. The van der Waals surface area contributed by atoms with Crippen molar-refractivity contribution in [2.24, 2.45) is 5.41 Å². The first-order chi connectivity index (χ1) is 14.3. The van der Waals surface area contributed by atoms with Crippen LogP contribution in [0.25, 0.3) is 0 Å². The van der Waals surface area contributed by atoms with Gasteiger partial charge in [0.1, 0.15) is 11.5 Å². The Bertz CT molecular complexity index is 1250. The van der Waals surface area contributed by atoms with Crippen molar-refractivity contribution in [2.45, 2.75) is 32.6 Å². The van der Waals surface area contributed by atoms with Gasteiger partial charge in [-0.15, -0.1) is 0 Å². The van der Waals surface area contributed by atoms with E-state index in [9.17, 15) is 14.4 Å². The number of ketones is 3.